The van der Waals surface area contributed by atoms with E-state index in [1.54, 1.807) is 0 Å². The fourth-order valence-corrected chi connectivity index (χ4v) is 0.816. The number of rotatable bonds is 6. The number of thiol groups is 1. The second-order valence-corrected chi connectivity index (χ2v) is 2.87. The van der Waals surface area contributed by atoms with Gasteiger partial charge in [0, 0.05) is 0 Å². The number of hydrogen-bond donors (Lipinski definition) is 5. The summed E-state index contributed by atoms with van der Waals surface area (Å²) >= 11 is 3.59. The van der Waals surface area contributed by atoms with Crippen molar-refractivity contribution in [3.63, 3.8) is 0 Å². The predicted octanol–water partition coefficient (Wildman–Crippen LogP) is -3.16. The van der Waals surface area contributed by atoms with Crippen LogP contribution in [0.15, 0.2) is 0 Å². The van der Waals surface area contributed by atoms with E-state index >= 15 is 0 Å². The first-order valence-electron chi connectivity index (χ1n) is 3.90. The fourth-order valence-electron chi connectivity index (χ4n) is 0.673. The van der Waals surface area contributed by atoms with E-state index < -0.39 is 36.3 Å². The van der Waals surface area contributed by atoms with Crippen LogP contribution in [-0.2, 0) is 14.4 Å². The fraction of sp³-hybridized carbons (Fsp3) is 0.571. The van der Waals surface area contributed by atoms with Gasteiger partial charge in [0.25, 0.3) is 11.7 Å². The van der Waals surface area contributed by atoms with Crippen LogP contribution in [0.4, 0.5) is 0 Å². The average Bonchev–Trinajstić information content (AvgIpc) is 2.25. The number of amides is 1. The van der Waals surface area contributed by atoms with Crippen molar-refractivity contribution in [1.29, 1.82) is 0 Å². The number of carbonyl (C=O) groups excluding carboxylic acids is 3. The van der Waals surface area contributed by atoms with Gasteiger partial charge >= 0.3 is 0 Å². The van der Waals surface area contributed by atoms with E-state index in [-0.39, 0.29) is 5.88 Å². The van der Waals surface area contributed by atoms with E-state index in [9.17, 15) is 14.4 Å². The molecule has 0 bridgehead atoms. The predicted molar refractivity (Wildman–Crippen MR) is 51.1 cm³/mol. The number of aliphatic hydroxyl groups is 3. The Labute approximate surface area is 90.5 Å². The van der Waals surface area contributed by atoms with Crippen LogP contribution in [0.25, 0.3) is 0 Å². The number of aliphatic hydroxyl groups excluding tert-OH is 3. The lowest BCUT2D eigenvalue weighted by Crippen LogP contribution is -2.45. The van der Waals surface area contributed by atoms with Crippen LogP contribution in [-0.4, -0.2) is 57.5 Å². The van der Waals surface area contributed by atoms with Crippen molar-refractivity contribution >= 4 is 30.1 Å². The molecule has 0 aromatic rings. The average molecular weight is 237 g/mol. The quantitative estimate of drug-likeness (QED) is 0.144. The van der Waals surface area contributed by atoms with Gasteiger partial charge in [0.1, 0.15) is 12.2 Å². The summed E-state index contributed by atoms with van der Waals surface area (Å²) in [5.74, 6) is -4.34. The molecule has 0 fully saturated rings. The lowest BCUT2D eigenvalue weighted by atomic mass is 10.1. The molecule has 86 valence electrons. The molecular formula is C7H11NO6S. The zero-order valence-corrected chi connectivity index (χ0v) is 8.48. The Morgan fingerprint density at radius 1 is 1.27 bits per heavy atom. The zero-order valence-electron chi connectivity index (χ0n) is 7.58. The third kappa shape index (κ3) is 3.96. The minimum atomic E-state index is -2.10. The van der Waals surface area contributed by atoms with Gasteiger partial charge in [-0.2, -0.15) is 12.6 Å². The zero-order chi connectivity index (χ0) is 12.0. The summed E-state index contributed by atoms with van der Waals surface area (Å²) in [6.07, 6.45) is -3.89. The lowest BCUT2D eigenvalue weighted by Gasteiger charge is -2.12. The molecule has 0 aliphatic carbocycles. The molecule has 0 heterocycles. The highest BCUT2D eigenvalue weighted by Gasteiger charge is 2.32. The maximum absolute atomic E-state index is 11.0. The highest BCUT2D eigenvalue weighted by molar-refractivity contribution is 7.80. The molecule has 4 N–H and O–H groups in total. The van der Waals surface area contributed by atoms with Crippen molar-refractivity contribution < 1.29 is 29.7 Å². The van der Waals surface area contributed by atoms with E-state index in [1.165, 1.54) is 0 Å². The largest absolute Gasteiger partial charge is 0.394 e. The van der Waals surface area contributed by atoms with Crippen LogP contribution in [0.5, 0.6) is 0 Å². The van der Waals surface area contributed by atoms with Gasteiger partial charge in [-0.3, -0.25) is 14.4 Å². The minimum Gasteiger partial charge on any atom is -0.394 e. The minimum absolute atomic E-state index is 0.142. The summed E-state index contributed by atoms with van der Waals surface area (Å²) in [6.45, 7) is -0.894. The molecular weight excluding hydrogens is 226 g/mol. The second-order valence-electron chi connectivity index (χ2n) is 2.55. The number of ketones is 2. The molecule has 2 atom stereocenters. The number of nitrogens with one attached hydrogen (secondary N) is 1. The lowest BCUT2D eigenvalue weighted by molar-refractivity contribution is -0.151. The molecule has 1 amide bonds. The molecule has 0 rings (SSSR count). The van der Waals surface area contributed by atoms with Crippen LogP contribution >= 0.6 is 12.6 Å². The summed E-state index contributed by atoms with van der Waals surface area (Å²) in [5.41, 5.74) is 0. The first kappa shape index (κ1) is 14.0. The van der Waals surface area contributed by atoms with Crippen LogP contribution in [0, 0.1) is 0 Å². The third-order valence-corrected chi connectivity index (χ3v) is 1.65. The van der Waals surface area contributed by atoms with Gasteiger partial charge in [-0.25, -0.2) is 0 Å². The second kappa shape index (κ2) is 6.51. The highest BCUT2D eigenvalue weighted by Crippen LogP contribution is 1.96. The molecule has 0 aromatic heterocycles. The molecule has 7 nitrogen and oxygen atoms in total. The van der Waals surface area contributed by atoms with Crippen LogP contribution < -0.4 is 5.32 Å². The van der Waals surface area contributed by atoms with Gasteiger partial charge < -0.3 is 20.6 Å². The number of Topliss-reactive ketones (excluding diaryl/α,β-unsaturated/α-hetero) is 2. The van der Waals surface area contributed by atoms with E-state index in [0.29, 0.717) is 0 Å². The van der Waals surface area contributed by atoms with Crippen LogP contribution in [0.3, 0.4) is 0 Å². The van der Waals surface area contributed by atoms with E-state index in [1.807, 2.05) is 5.32 Å². The van der Waals surface area contributed by atoms with Crippen molar-refractivity contribution in [2.75, 3.05) is 12.5 Å². The van der Waals surface area contributed by atoms with Crippen molar-refractivity contribution in [3.8, 4) is 0 Å². The highest BCUT2D eigenvalue weighted by atomic mass is 32.1. The van der Waals surface area contributed by atoms with Gasteiger partial charge in [0.2, 0.25) is 5.78 Å². The molecule has 0 aromatic carbocycles. The summed E-state index contributed by atoms with van der Waals surface area (Å²) in [6, 6.07) is 0. The number of carbonyl (C=O) groups is 3. The van der Waals surface area contributed by atoms with Crippen molar-refractivity contribution in [2.24, 2.45) is 0 Å². The van der Waals surface area contributed by atoms with Crippen molar-refractivity contribution in [2.45, 2.75) is 12.2 Å². The van der Waals surface area contributed by atoms with Gasteiger partial charge in [0.15, 0.2) is 0 Å². The topological polar surface area (TPSA) is 124 Å². The Kier molecular flexibility index (Phi) is 6.09. The summed E-state index contributed by atoms with van der Waals surface area (Å²) in [5, 5.41) is 28.2. The van der Waals surface area contributed by atoms with Crippen LogP contribution in [0.2, 0.25) is 0 Å². The monoisotopic (exact) mass is 237 g/mol. The van der Waals surface area contributed by atoms with Gasteiger partial charge in [-0.1, -0.05) is 0 Å². The SMILES string of the molecule is O=C(NCS)C(=O)C(=O)[C@H](O)[C@H](O)CO. The summed E-state index contributed by atoms with van der Waals surface area (Å²) in [4.78, 5) is 32.8. The molecule has 0 saturated heterocycles. The maximum atomic E-state index is 11.0. The van der Waals surface area contributed by atoms with Crippen LogP contribution in [0.1, 0.15) is 0 Å². The van der Waals surface area contributed by atoms with E-state index in [4.69, 9.17) is 15.3 Å². The number of hydrogen-bond acceptors (Lipinski definition) is 7. The van der Waals surface area contributed by atoms with Gasteiger partial charge in [-0.05, 0) is 0 Å². The molecule has 8 heteroatoms. The van der Waals surface area contributed by atoms with E-state index in [0.717, 1.165) is 0 Å². The summed E-state index contributed by atoms with van der Waals surface area (Å²) in [7, 11) is 0. The summed E-state index contributed by atoms with van der Waals surface area (Å²) < 4.78 is 0. The molecule has 0 unspecified atom stereocenters. The molecule has 0 radical (unpaired) electrons. The van der Waals surface area contributed by atoms with Crippen molar-refractivity contribution in [1.82, 2.24) is 5.32 Å². The van der Waals surface area contributed by atoms with Gasteiger partial charge in [0.05, 0.1) is 12.5 Å². The Hall–Kier alpha value is -0.960. The molecule has 0 aliphatic heterocycles. The molecule has 0 aliphatic rings. The Balaban J connectivity index is 4.44. The van der Waals surface area contributed by atoms with Gasteiger partial charge in [-0.15, -0.1) is 0 Å². The third-order valence-electron chi connectivity index (χ3n) is 1.49. The standard InChI is InChI=1S/C7H11NO6S/c9-1-3(10)4(11)5(12)6(13)7(14)8-2-15/h3-4,9-11,15H,1-2H2,(H,8,14)/t3-,4-/m1/s1. The Bertz CT molecular complexity index is 268. The molecule has 15 heavy (non-hydrogen) atoms. The smallest absolute Gasteiger partial charge is 0.296 e. The Morgan fingerprint density at radius 2 is 1.80 bits per heavy atom. The Morgan fingerprint density at radius 3 is 2.20 bits per heavy atom. The van der Waals surface area contributed by atoms with Crippen molar-refractivity contribution in [3.05, 3.63) is 0 Å². The maximum Gasteiger partial charge on any atom is 0.296 e. The van der Waals surface area contributed by atoms with E-state index in [2.05, 4.69) is 12.6 Å². The normalized spacial score (nSPS) is 14.1. The molecule has 0 saturated carbocycles. The first-order valence-corrected chi connectivity index (χ1v) is 4.53. The first-order chi connectivity index (χ1) is 6.95. The molecule has 0 spiro atoms.